The smallest absolute Gasteiger partial charge is 0.125 e. The third-order valence-electron chi connectivity index (χ3n) is 4.28. The van der Waals surface area contributed by atoms with Crippen molar-refractivity contribution in [3.63, 3.8) is 0 Å². The third kappa shape index (κ3) is 3.73. The summed E-state index contributed by atoms with van der Waals surface area (Å²) >= 11 is 0. The van der Waals surface area contributed by atoms with Crippen molar-refractivity contribution in [2.24, 2.45) is 5.92 Å². The van der Waals surface area contributed by atoms with Gasteiger partial charge in [0.05, 0.1) is 12.2 Å². The molecule has 0 aliphatic heterocycles. The molecular formula is C17H26O2. The minimum absolute atomic E-state index is 0.322. The first-order chi connectivity index (χ1) is 9.10. The van der Waals surface area contributed by atoms with E-state index in [2.05, 4.69) is 13.0 Å². The van der Waals surface area contributed by atoms with Crippen molar-refractivity contribution in [1.82, 2.24) is 0 Å². The van der Waals surface area contributed by atoms with Crippen molar-refractivity contribution >= 4 is 0 Å². The Morgan fingerprint density at radius 1 is 1.26 bits per heavy atom. The van der Waals surface area contributed by atoms with Crippen LogP contribution in [0.1, 0.15) is 63.2 Å². The lowest BCUT2D eigenvalue weighted by Crippen LogP contribution is -2.24. The lowest BCUT2D eigenvalue weighted by atomic mass is 9.86. The third-order valence-corrected chi connectivity index (χ3v) is 4.28. The maximum Gasteiger partial charge on any atom is 0.125 e. The number of hydrogen-bond acceptors (Lipinski definition) is 2. The van der Waals surface area contributed by atoms with E-state index in [-0.39, 0.29) is 0 Å². The Kier molecular flexibility index (Phi) is 4.87. The van der Waals surface area contributed by atoms with Gasteiger partial charge in [-0.15, -0.1) is 0 Å². The fourth-order valence-electron chi connectivity index (χ4n) is 2.94. The maximum atomic E-state index is 9.86. The molecule has 0 radical (unpaired) electrons. The van der Waals surface area contributed by atoms with Crippen LogP contribution in [0.15, 0.2) is 18.2 Å². The van der Waals surface area contributed by atoms with Crippen LogP contribution in [0.25, 0.3) is 0 Å². The predicted molar refractivity (Wildman–Crippen MR) is 78.5 cm³/mol. The highest BCUT2D eigenvalue weighted by molar-refractivity contribution is 5.38. The highest BCUT2D eigenvalue weighted by Crippen LogP contribution is 2.32. The zero-order chi connectivity index (χ0) is 13.8. The average molecular weight is 262 g/mol. The van der Waals surface area contributed by atoms with Crippen LogP contribution in [0.4, 0.5) is 0 Å². The summed E-state index contributed by atoms with van der Waals surface area (Å²) in [6.07, 6.45) is 5.98. The summed E-state index contributed by atoms with van der Waals surface area (Å²) in [6, 6.07) is 6.08. The molecule has 0 heterocycles. The molecule has 0 amide bonds. The molecule has 1 unspecified atom stereocenters. The Bertz CT molecular complexity index is 404. The normalized spacial score (nSPS) is 25.1. The quantitative estimate of drug-likeness (QED) is 0.871. The zero-order valence-corrected chi connectivity index (χ0v) is 12.4. The highest BCUT2D eigenvalue weighted by atomic mass is 16.5. The molecule has 2 nitrogen and oxygen atoms in total. The van der Waals surface area contributed by atoms with Gasteiger partial charge in [-0.05, 0) is 57.6 Å². The molecule has 1 fully saturated rings. The van der Waals surface area contributed by atoms with Gasteiger partial charge in [-0.1, -0.05) is 25.0 Å². The molecule has 1 aliphatic rings. The van der Waals surface area contributed by atoms with Crippen molar-refractivity contribution in [1.29, 1.82) is 0 Å². The maximum absolute atomic E-state index is 9.86. The lowest BCUT2D eigenvalue weighted by Gasteiger charge is -2.29. The molecule has 19 heavy (non-hydrogen) atoms. The monoisotopic (exact) mass is 262 g/mol. The van der Waals surface area contributed by atoms with E-state index in [4.69, 9.17) is 4.74 Å². The Balaban J connectivity index is 2.03. The van der Waals surface area contributed by atoms with Crippen molar-refractivity contribution in [2.45, 2.75) is 65.1 Å². The summed E-state index contributed by atoms with van der Waals surface area (Å²) in [5.41, 5.74) is 2.08. The number of rotatable bonds is 4. The van der Waals surface area contributed by atoms with Gasteiger partial charge in [-0.25, -0.2) is 0 Å². The molecule has 1 atom stereocenters. The standard InChI is InChI=1S/C17H26O2/c1-4-14-6-8-15(9-7-14)19-17-10-5-12(2)11-16(17)13(3)18/h5,10-11,13-15,18H,4,6-9H2,1-3H3. The summed E-state index contributed by atoms with van der Waals surface area (Å²) in [7, 11) is 0. The number of benzene rings is 1. The molecule has 1 aromatic carbocycles. The lowest BCUT2D eigenvalue weighted by molar-refractivity contribution is 0.122. The second kappa shape index (κ2) is 6.42. The van der Waals surface area contributed by atoms with Gasteiger partial charge in [0.25, 0.3) is 0 Å². The number of aliphatic hydroxyl groups is 1. The first kappa shape index (κ1) is 14.4. The van der Waals surface area contributed by atoms with Gasteiger partial charge in [0.1, 0.15) is 5.75 Å². The first-order valence-electron chi connectivity index (χ1n) is 7.55. The fourth-order valence-corrected chi connectivity index (χ4v) is 2.94. The Labute approximate surface area is 116 Å². The summed E-state index contributed by atoms with van der Waals surface area (Å²) in [5.74, 6) is 1.75. The second-order valence-electron chi connectivity index (χ2n) is 5.89. The Morgan fingerprint density at radius 3 is 2.53 bits per heavy atom. The molecular weight excluding hydrogens is 236 g/mol. The van der Waals surface area contributed by atoms with E-state index >= 15 is 0 Å². The van der Waals surface area contributed by atoms with E-state index in [9.17, 15) is 5.11 Å². The minimum Gasteiger partial charge on any atom is -0.490 e. The van der Waals surface area contributed by atoms with Crippen molar-refractivity contribution in [2.75, 3.05) is 0 Å². The van der Waals surface area contributed by atoms with Gasteiger partial charge in [-0.2, -0.15) is 0 Å². The highest BCUT2D eigenvalue weighted by Gasteiger charge is 2.22. The predicted octanol–water partition coefficient (Wildman–Crippen LogP) is 4.40. The van der Waals surface area contributed by atoms with Gasteiger partial charge in [-0.3, -0.25) is 0 Å². The minimum atomic E-state index is -0.470. The molecule has 1 aliphatic carbocycles. The van der Waals surface area contributed by atoms with Crippen LogP contribution < -0.4 is 4.74 Å². The average Bonchev–Trinajstić information content (AvgIpc) is 2.41. The molecule has 106 valence electrons. The number of aryl methyl sites for hydroxylation is 1. The van der Waals surface area contributed by atoms with Crippen molar-refractivity contribution in [3.05, 3.63) is 29.3 Å². The van der Waals surface area contributed by atoms with Crippen LogP contribution in [0.2, 0.25) is 0 Å². The van der Waals surface area contributed by atoms with Crippen LogP contribution in [0, 0.1) is 12.8 Å². The van der Waals surface area contributed by atoms with Crippen molar-refractivity contribution < 1.29 is 9.84 Å². The molecule has 1 aromatic rings. The molecule has 1 saturated carbocycles. The molecule has 0 bridgehead atoms. The summed E-state index contributed by atoms with van der Waals surface area (Å²) in [5, 5.41) is 9.86. The Morgan fingerprint density at radius 2 is 1.95 bits per heavy atom. The van der Waals surface area contributed by atoms with Crippen LogP contribution in [0.5, 0.6) is 5.75 Å². The number of hydrogen-bond donors (Lipinski definition) is 1. The van der Waals surface area contributed by atoms with Crippen LogP contribution in [0.3, 0.4) is 0 Å². The number of ether oxygens (including phenoxy) is 1. The Hall–Kier alpha value is -1.02. The second-order valence-corrected chi connectivity index (χ2v) is 5.89. The van der Waals surface area contributed by atoms with Crippen LogP contribution in [-0.2, 0) is 0 Å². The van der Waals surface area contributed by atoms with Crippen LogP contribution >= 0.6 is 0 Å². The van der Waals surface area contributed by atoms with E-state index in [1.807, 2.05) is 19.1 Å². The summed E-state index contributed by atoms with van der Waals surface area (Å²) < 4.78 is 6.14. The SMILES string of the molecule is CCC1CCC(Oc2ccc(C)cc2C(C)O)CC1. The fraction of sp³-hybridized carbons (Fsp3) is 0.647. The molecule has 1 N–H and O–H groups in total. The van der Waals surface area contributed by atoms with E-state index < -0.39 is 6.10 Å². The van der Waals surface area contributed by atoms with Gasteiger partial charge in [0.2, 0.25) is 0 Å². The van der Waals surface area contributed by atoms with Gasteiger partial charge < -0.3 is 9.84 Å². The van der Waals surface area contributed by atoms with Gasteiger partial charge >= 0.3 is 0 Å². The number of aliphatic hydroxyl groups excluding tert-OH is 1. The summed E-state index contributed by atoms with van der Waals surface area (Å²) in [6.45, 7) is 6.12. The van der Waals surface area contributed by atoms with E-state index in [0.29, 0.717) is 6.10 Å². The van der Waals surface area contributed by atoms with Crippen molar-refractivity contribution in [3.8, 4) is 5.75 Å². The molecule has 0 spiro atoms. The molecule has 2 heteroatoms. The largest absolute Gasteiger partial charge is 0.490 e. The molecule has 0 saturated heterocycles. The molecule has 2 rings (SSSR count). The zero-order valence-electron chi connectivity index (χ0n) is 12.4. The molecule has 0 aromatic heterocycles. The van der Waals surface area contributed by atoms with E-state index in [1.54, 1.807) is 6.92 Å². The topological polar surface area (TPSA) is 29.5 Å². The van der Waals surface area contributed by atoms with E-state index in [0.717, 1.165) is 35.6 Å². The van der Waals surface area contributed by atoms with Gasteiger partial charge in [0, 0.05) is 5.56 Å². The van der Waals surface area contributed by atoms with E-state index in [1.165, 1.54) is 19.3 Å². The first-order valence-corrected chi connectivity index (χ1v) is 7.55. The summed E-state index contributed by atoms with van der Waals surface area (Å²) in [4.78, 5) is 0. The van der Waals surface area contributed by atoms with Gasteiger partial charge in [0.15, 0.2) is 0 Å². The van der Waals surface area contributed by atoms with Crippen LogP contribution in [-0.4, -0.2) is 11.2 Å².